The van der Waals surface area contributed by atoms with E-state index in [1.807, 2.05) is 18.7 Å². The zero-order valence-corrected chi connectivity index (χ0v) is 12.1. The summed E-state index contributed by atoms with van der Waals surface area (Å²) in [6.07, 6.45) is 0.853. The van der Waals surface area contributed by atoms with Crippen LogP contribution in [0.5, 0.6) is 0 Å². The van der Waals surface area contributed by atoms with E-state index in [0.29, 0.717) is 11.0 Å². The number of halogens is 2. The van der Waals surface area contributed by atoms with Crippen molar-refractivity contribution in [2.24, 2.45) is 0 Å². The van der Waals surface area contributed by atoms with Gasteiger partial charge in [0.05, 0.1) is 11.0 Å². The predicted molar refractivity (Wildman–Crippen MR) is 71.9 cm³/mol. The highest BCUT2D eigenvalue weighted by Gasteiger charge is 2.16. The molecule has 0 amide bonds. The average molecular weight is 318 g/mol. The van der Waals surface area contributed by atoms with E-state index in [1.165, 1.54) is 6.07 Å². The van der Waals surface area contributed by atoms with E-state index in [9.17, 15) is 9.18 Å². The van der Waals surface area contributed by atoms with E-state index >= 15 is 0 Å². The van der Waals surface area contributed by atoms with Crippen LogP contribution in [0.3, 0.4) is 0 Å². The first-order valence-electron chi connectivity index (χ1n) is 5.83. The van der Waals surface area contributed by atoms with Gasteiger partial charge < -0.3 is 5.11 Å². The normalized spacial score (nSPS) is 12.7. The lowest BCUT2D eigenvalue weighted by Gasteiger charge is -2.26. The maximum absolute atomic E-state index is 13.4. The van der Waals surface area contributed by atoms with Gasteiger partial charge in [-0.05, 0) is 47.0 Å². The van der Waals surface area contributed by atoms with Crippen LogP contribution in [0.1, 0.15) is 25.8 Å². The SMILES string of the molecule is CCC(C)N(CC(=O)O)Cc1ccc(Br)c(F)c1. The van der Waals surface area contributed by atoms with Crippen LogP contribution in [-0.2, 0) is 11.3 Å². The van der Waals surface area contributed by atoms with E-state index in [1.54, 1.807) is 12.1 Å². The number of hydrogen-bond donors (Lipinski definition) is 1. The van der Waals surface area contributed by atoms with Crippen LogP contribution in [-0.4, -0.2) is 28.6 Å². The third-order valence-electron chi connectivity index (χ3n) is 2.92. The van der Waals surface area contributed by atoms with Gasteiger partial charge in [0.15, 0.2) is 0 Å². The van der Waals surface area contributed by atoms with Crippen molar-refractivity contribution in [2.45, 2.75) is 32.9 Å². The molecule has 0 aliphatic rings. The fraction of sp³-hybridized carbons (Fsp3) is 0.462. The van der Waals surface area contributed by atoms with Gasteiger partial charge in [-0.2, -0.15) is 0 Å². The Morgan fingerprint density at radius 1 is 1.56 bits per heavy atom. The molecule has 0 radical (unpaired) electrons. The Kier molecular flexibility index (Phi) is 5.75. The van der Waals surface area contributed by atoms with Gasteiger partial charge in [0.1, 0.15) is 5.82 Å². The number of carboxylic acid groups (broad SMARTS) is 1. The Hall–Kier alpha value is -0.940. The summed E-state index contributed by atoms with van der Waals surface area (Å²) in [5.41, 5.74) is 0.775. The highest BCUT2D eigenvalue weighted by Crippen LogP contribution is 2.18. The second kappa shape index (κ2) is 6.85. The third kappa shape index (κ3) is 4.38. The quantitative estimate of drug-likeness (QED) is 0.875. The molecule has 0 heterocycles. The summed E-state index contributed by atoms with van der Waals surface area (Å²) < 4.78 is 13.8. The summed E-state index contributed by atoms with van der Waals surface area (Å²) in [4.78, 5) is 12.6. The van der Waals surface area contributed by atoms with Crippen LogP contribution < -0.4 is 0 Å². The number of hydrogen-bond acceptors (Lipinski definition) is 2. The van der Waals surface area contributed by atoms with Crippen LogP contribution in [0, 0.1) is 5.82 Å². The van der Waals surface area contributed by atoms with Gasteiger partial charge in [0, 0.05) is 12.6 Å². The molecule has 0 spiro atoms. The molecule has 1 aromatic carbocycles. The molecule has 100 valence electrons. The van der Waals surface area contributed by atoms with Crippen LogP contribution >= 0.6 is 15.9 Å². The van der Waals surface area contributed by atoms with Crippen LogP contribution in [0.2, 0.25) is 0 Å². The molecule has 1 aromatic rings. The van der Waals surface area contributed by atoms with E-state index in [0.717, 1.165) is 12.0 Å². The first-order valence-corrected chi connectivity index (χ1v) is 6.63. The molecule has 0 saturated heterocycles. The predicted octanol–water partition coefficient (Wildman–Crippen LogP) is 3.27. The van der Waals surface area contributed by atoms with Crippen molar-refractivity contribution in [1.29, 1.82) is 0 Å². The minimum atomic E-state index is -0.868. The van der Waals surface area contributed by atoms with Gasteiger partial charge in [-0.3, -0.25) is 9.69 Å². The fourth-order valence-electron chi connectivity index (χ4n) is 1.67. The Labute approximate surface area is 115 Å². The summed E-state index contributed by atoms with van der Waals surface area (Å²) in [7, 11) is 0. The smallest absolute Gasteiger partial charge is 0.317 e. The maximum Gasteiger partial charge on any atom is 0.317 e. The van der Waals surface area contributed by atoms with Gasteiger partial charge in [0.25, 0.3) is 0 Å². The molecule has 0 aliphatic heterocycles. The summed E-state index contributed by atoms with van der Waals surface area (Å²) in [6, 6.07) is 5.01. The van der Waals surface area contributed by atoms with Crippen molar-refractivity contribution in [3.8, 4) is 0 Å². The zero-order chi connectivity index (χ0) is 13.7. The van der Waals surface area contributed by atoms with E-state index in [-0.39, 0.29) is 18.4 Å². The fourth-order valence-corrected chi connectivity index (χ4v) is 1.92. The molecule has 1 N–H and O–H groups in total. The zero-order valence-electron chi connectivity index (χ0n) is 10.5. The molecular weight excluding hydrogens is 301 g/mol. The average Bonchev–Trinajstić information content (AvgIpc) is 2.31. The molecule has 1 unspecified atom stereocenters. The van der Waals surface area contributed by atoms with Gasteiger partial charge in [-0.15, -0.1) is 0 Å². The number of benzene rings is 1. The number of carbonyl (C=O) groups is 1. The molecular formula is C13H17BrFNO2. The first kappa shape index (κ1) is 15.1. The van der Waals surface area contributed by atoms with Crippen LogP contribution in [0.15, 0.2) is 22.7 Å². The number of nitrogens with zero attached hydrogens (tertiary/aromatic N) is 1. The van der Waals surface area contributed by atoms with Crippen molar-refractivity contribution >= 4 is 21.9 Å². The standard InChI is InChI=1S/C13H17BrFNO2/c1-3-9(2)16(8-13(17)18)7-10-4-5-11(14)12(15)6-10/h4-6,9H,3,7-8H2,1-2H3,(H,17,18). The Morgan fingerprint density at radius 3 is 2.72 bits per heavy atom. The van der Waals surface area contributed by atoms with E-state index in [4.69, 9.17) is 5.11 Å². The Bertz CT molecular complexity index is 425. The first-order chi connectivity index (χ1) is 8.43. The largest absolute Gasteiger partial charge is 0.480 e. The maximum atomic E-state index is 13.4. The van der Waals surface area contributed by atoms with Crippen LogP contribution in [0.4, 0.5) is 4.39 Å². The molecule has 18 heavy (non-hydrogen) atoms. The van der Waals surface area contributed by atoms with Gasteiger partial charge in [-0.25, -0.2) is 4.39 Å². The molecule has 5 heteroatoms. The second-order valence-electron chi connectivity index (χ2n) is 4.30. The topological polar surface area (TPSA) is 40.5 Å². The van der Waals surface area contributed by atoms with Crippen LogP contribution in [0.25, 0.3) is 0 Å². The summed E-state index contributed by atoms with van der Waals surface area (Å²) >= 11 is 3.10. The third-order valence-corrected chi connectivity index (χ3v) is 3.57. The van der Waals surface area contributed by atoms with Crippen molar-refractivity contribution in [3.05, 3.63) is 34.1 Å². The molecule has 3 nitrogen and oxygen atoms in total. The molecule has 0 bridgehead atoms. The van der Waals surface area contributed by atoms with Crippen molar-refractivity contribution < 1.29 is 14.3 Å². The molecule has 0 aliphatic carbocycles. The molecule has 0 saturated carbocycles. The van der Waals surface area contributed by atoms with Crippen molar-refractivity contribution in [3.63, 3.8) is 0 Å². The second-order valence-corrected chi connectivity index (χ2v) is 5.16. The highest BCUT2D eigenvalue weighted by atomic mass is 79.9. The minimum Gasteiger partial charge on any atom is -0.480 e. The number of aliphatic carboxylic acids is 1. The summed E-state index contributed by atoms with van der Waals surface area (Å²) in [5.74, 6) is -1.19. The Morgan fingerprint density at radius 2 is 2.22 bits per heavy atom. The van der Waals surface area contributed by atoms with Crippen molar-refractivity contribution in [1.82, 2.24) is 4.90 Å². The highest BCUT2D eigenvalue weighted by molar-refractivity contribution is 9.10. The number of carboxylic acids is 1. The van der Waals surface area contributed by atoms with Gasteiger partial charge >= 0.3 is 5.97 Å². The van der Waals surface area contributed by atoms with E-state index < -0.39 is 5.97 Å². The summed E-state index contributed by atoms with van der Waals surface area (Å²) in [5, 5.41) is 8.88. The lowest BCUT2D eigenvalue weighted by atomic mass is 10.1. The molecule has 0 fully saturated rings. The lowest BCUT2D eigenvalue weighted by Crippen LogP contribution is -2.36. The van der Waals surface area contributed by atoms with Crippen molar-refractivity contribution in [2.75, 3.05) is 6.54 Å². The van der Waals surface area contributed by atoms with E-state index in [2.05, 4.69) is 15.9 Å². The molecule has 0 aromatic heterocycles. The molecule has 1 atom stereocenters. The monoisotopic (exact) mass is 317 g/mol. The Balaban J connectivity index is 2.81. The number of rotatable bonds is 6. The summed E-state index contributed by atoms with van der Waals surface area (Å²) in [6.45, 7) is 4.37. The van der Waals surface area contributed by atoms with Gasteiger partial charge in [0.2, 0.25) is 0 Å². The molecule has 1 rings (SSSR count). The lowest BCUT2D eigenvalue weighted by molar-refractivity contribution is -0.139. The van der Waals surface area contributed by atoms with Gasteiger partial charge in [-0.1, -0.05) is 13.0 Å². The minimum absolute atomic E-state index is 0.0350.